The maximum atomic E-state index is 12.5. The number of amides is 1. The lowest BCUT2D eigenvalue weighted by atomic mass is 9.84. The molecule has 0 radical (unpaired) electrons. The van der Waals surface area contributed by atoms with Crippen molar-refractivity contribution in [1.29, 1.82) is 0 Å². The van der Waals surface area contributed by atoms with Gasteiger partial charge in [-0.3, -0.25) is 4.79 Å². The molecule has 0 aromatic heterocycles. The second kappa shape index (κ2) is 3.66. The highest BCUT2D eigenvalue weighted by Crippen LogP contribution is 2.56. The number of hydrogen-bond donors (Lipinski definition) is 0. The van der Waals surface area contributed by atoms with Crippen LogP contribution in [0.15, 0.2) is 18.2 Å². The summed E-state index contributed by atoms with van der Waals surface area (Å²) in [6.45, 7) is 0. The molecule has 100 valence electrons. The number of carbonyl (C=O) groups excluding carboxylic acids is 1. The molecule has 1 aliphatic carbocycles. The average Bonchev–Trinajstić information content (AvgIpc) is 2.89. The van der Waals surface area contributed by atoms with E-state index < -0.39 is 0 Å². The number of benzene rings is 1. The molecule has 3 nitrogen and oxygen atoms in total. The third kappa shape index (κ3) is 1.37. The number of aryl methyl sites for hydroxylation is 1. The monoisotopic (exact) mass is 277 g/mol. The normalized spacial score (nSPS) is 35.3. The Morgan fingerprint density at radius 3 is 3.05 bits per heavy atom. The van der Waals surface area contributed by atoms with Crippen LogP contribution in [0.1, 0.15) is 24.8 Å². The van der Waals surface area contributed by atoms with Crippen LogP contribution < -0.4 is 9.64 Å². The number of methoxy groups -OCH3 is 1. The van der Waals surface area contributed by atoms with Gasteiger partial charge in [-0.25, -0.2) is 0 Å². The smallest absolute Gasteiger partial charge is 0.232 e. The van der Waals surface area contributed by atoms with E-state index in [0.29, 0.717) is 0 Å². The van der Waals surface area contributed by atoms with Gasteiger partial charge in [0, 0.05) is 11.1 Å². The number of anilines is 1. The highest BCUT2D eigenvalue weighted by Gasteiger charge is 2.61. The highest BCUT2D eigenvalue weighted by atomic mass is 35.5. The zero-order valence-electron chi connectivity index (χ0n) is 10.9. The van der Waals surface area contributed by atoms with E-state index in [1.165, 1.54) is 5.56 Å². The maximum absolute atomic E-state index is 12.5. The number of rotatable bonds is 1. The third-order valence-electron chi connectivity index (χ3n) is 5.01. The predicted molar refractivity (Wildman–Crippen MR) is 73.9 cm³/mol. The molecule has 2 heterocycles. The standard InChI is InChI=1S/C15H16ClNO2/c1-19-10-2-3-13-9(6-10)4-5-15-7-11(12(16)8-15)14(18)17(13)15/h2-3,6,11-12H,4-5,7-8H2,1H3/t11-,12+,15+/m0/s1. The lowest BCUT2D eigenvalue weighted by Gasteiger charge is -2.44. The van der Waals surface area contributed by atoms with Crippen LogP contribution in [0.2, 0.25) is 0 Å². The number of nitrogens with zero attached hydrogens (tertiary/aromatic N) is 1. The summed E-state index contributed by atoms with van der Waals surface area (Å²) in [5.41, 5.74) is 2.29. The first-order chi connectivity index (χ1) is 9.14. The van der Waals surface area contributed by atoms with Crippen LogP contribution >= 0.6 is 11.6 Å². The Morgan fingerprint density at radius 1 is 1.42 bits per heavy atom. The zero-order valence-corrected chi connectivity index (χ0v) is 11.6. The fraction of sp³-hybridized carbons (Fsp3) is 0.533. The van der Waals surface area contributed by atoms with Crippen molar-refractivity contribution < 1.29 is 9.53 Å². The van der Waals surface area contributed by atoms with Crippen molar-refractivity contribution in [2.24, 2.45) is 5.92 Å². The van der Waals surface area contributed by atoms with Crippen molar-refractivity contribution in [3.05, 3.63) is 23.8 Å². The first kappa shape index (κ1) is 11.6. The van der Waals surface area contributed by atoms with E-state index in [1.807, 2.05) is 17.0 Å². The summed E-state index contributed by atoms with van der Waals surface area (Å²) in [5.74, 6) is 1.11. The van der Waals surface area contributed by atoms with Gasteiger partial charge in [-0.05, 0) is 49.4 Å². The topological polar surface area (TPSA) is 29.5 Å². The molecule has 1 saturated heterocycles. The molecule has 2 aliphatic heterocycles. The van der Waals surface area contributed by atoms with E-state index in [1.54, 1.807) is 7.11 Å². The first-order valence-corrected chi connectivity index (χ1v) is 7.23. The molecular weight excluding hydrogens is 262 g/mol. The number of hydrogen-bond acceptors (Lipinski definition) is 2. The molecular formula is C15H16ClNO2. The Morgan fingerprint density at radius 2 is 2.26 bits per heavy atom. The number of ether oxygens (including phenoxy) is 1. The summed E-state index contributed by atoms with van der Waals surface area (Å²) >= 11 is 6.33. The second-order valence-electron chi connectivity index (χ2n) is 5.92. The lowest BCUT2D eigenvalue weighted by molar-refractivity contribution is -0.121. The van der Waals surface area contributed by atoms with Gasteiger partial charge >= 0.3 is 0 Å². The minimum atomic E-state index is -0.00421. The Labute approximate surface area is 117 Å². The molecule has 3 atom stereocenters. The Hall–Kier alpha value is -1.22. The van der Waals surface area contributed by atoms with E-state index >= 15 is 0 Å². The van der Waals surface area contributed by atoms with Gasteiger partial charge in [-0.1, -0.05) is 0 Å². The molecule has 3 aliphatic rings. The SMILES string of the molecule is COc1ccc2c(c1)CC[C@]13C[C@@H](Cl)[C@H](C1)C(=O)N23. The number of fused-ring (bicyclic) bond motifs is 3. The number of alkyl halides is 1. The van der Waals surface area contributed by atoms with Crippen molar-refractivity contribution in [2.45, 2.75) is 36.6 Å². The Kier molecular flexibility index (Phi) is 2.23. The Bertz CT molecular complexity index is 573. The van der Waals surface area contributed by atoms with Gasteiger partial charge in [0.05, 0.1) is 18.6 Å². The van der Waals surface area contributed by atoms with Gasteiger partial charge in [0.15, 0.2) is 0 Å². The zero-order chi connectivity index (χ0) is 13.2. The largest absolute Gasteiger partial charge is 0.497 e. The summed E-state index contributed by atoms with van der Waals surface area (Å²) in [4.78, 5) is 14.6. The van der Waals surface area contributed by atoms with Crippen LogP contribution in [0.3, 0.4) is 0 Å². The van der Waals surface area contributed by atoms with Crippen molar-refractivity contribution in [2.75, 3.05) is 12.0 Å². The molecule has 19 heavy (non-hydrogen) atoms. The van der Waals surface area contributed by atoms with Crippen LogP contribution in [0.5, 0.6) is 5.75 Å². The second-order valence-corrected chi connectivity index (χ2v) is 6.48. The van der Waals surface area contributed by atoms with E-state index in [-0.39, 0.29) is 22.7 Å². The van der Waals surface area contributed by atoms with Crippen molar-refractivity contribution in [1.82, 2.24) is 0 Å². The molecule has 4 rings (SSSR count). The van der Waals surface area contributed by atoms with E-state index in [0.717, 1.165) is 37.1 Å². The predicted octanol–water partition coefficient (Wildman–Crippen LogP) is 2.74. The molecule has 4 heteroatoms. The minimum Gasteiger partial charge on any atom is -0.497 e. The maximum Gasteiger partial charge on any atom is 0.232 e. The van der Waals surface area contributed by atoms with Crippen LogP contribution in [0.25, 0.3) is 0 Å². The van der Waals surface area contributed by atoms with E-state index in [4.69, 9.17) is 16.3 Å². The van der Waals surface area contributed by atoms with Crippen LogP contribution in [0.4, 0.5) is 5.69 Å². The van der Waals surface area contributed by atoms with Crippen LogP contribution in [-0.2, 0) is 11.2 Å². The summed E-state index contributed by atoms with van der Waals surface area (Å²) in [5, 5.41) is 0.0311. The van der Waals surface area contributed by atoms with Crippen molar-refractivity contribution >= 4 is 23.2 Å². The molecule has 1 spiro atoms. The summed E-state index contributed by atoms with van der Waals surface area (Å²) in [6, 6.07) is 6.02. The summed E-state index contributed by atoms with van der Waals surface area (Å²) in [7, 11) is 1.67. The van der Waals surface area contributed by atoms with Gasteiger partial charge in [-0.15, -0.1) is 11.6 Å². The first-order valence-electron chi connectivity index (χ1n) is 6.80. The van der Waals surface area contributed by atoms with E-state index in [2.05, 4.69) is 6.07 Å². The molecule has 1 amide bonds. The van der Waals surface area contributed by atoms with Gasteiger partial charge < -0.3 is 9.64 Å². The Balaban J connectivity index is 1.82. The molecule has 0 unspecified atom stereocenters. The fourth-order valence-corrected chi connectivity index (χ4v) is 4.60. The molecule has 1 aromatic rings. The number of carbonyl (C=O) groups is 1. The minimum absolute atomic E-state index is 0.00421. The molecule has 1 aromatic carbocycles. The van der Waals surface area contributed by atoms with Crippen molar-refractivity contribution in [3.63, 3.8) is 0 Å². The van der Waals surface area contributed by atoms with Crippen LogP contribution in [-0.4, -0.2) is 23.9 Å². The third-order valence-corrected chi connectivity index (χ3v) is 5.47. The van der Waals surface area contributed by atoms with Crippen molar-refractivity contribution in [3.8, 4) is 5.75 Å². The van der Waals surface area contributed by atoms with E-state index in [9.17, 15) is 4.79 Å². The lowest BCUT2D eigenvalue weighted by Crippen LogP contribution is -2.52. The van der Waals surface area contributed by atoms with Gasteiger partial charge in [0.25, 0.3) is 0 Å². The van der Waals surface area contributed by atoms with Gasteiger partial charge in [0.1, 0.15) is 5.75 Å². The molecule has 2 bridgehead atoms. The van der Waals surface area contributed by atoms with Gasteiger partial charge in [0.2, 0.25) is 5.91 Å². The number of halogens is 1. The summed E-state index contributed by atoms with van der Waals surface area (Å²) < 4.78 is 5.27. The molecule has 0 N–H and O–H groups in total. The van der Waals surface area contributed by atoms with Crippen LogP contribution in [0, 0.1) is 5.92 Å². The average molecular weight is 278 g/mol. The molecule has 1 saturated carbocycles. The van der Waals surface area contributed by atoms with Gasteiger partial charge in [-0.2, -0.15) is 0 Å². The fourth-order valence-electron chi connectivity index (χ4n) is 4.11. The highest BCUT2D eigenvalue weighted by molar-refractivity contribution is 6.24. The molecule has 2 fully saturated rings. The quantitative estimate of drug-likeness (QED) is 0.739. The summed E-state index contributed by atoms with van der Waals surface area (Å²) in [6.07, 6.45) is 3.91. The number of piperidine rings is 1.